The zero-order valence-corrected chi connectivity index (χ0v) is 22.2. The monoisotopic (exact) mass is 470 g/mol. The van der Waals surface area contributed by atoms with Gasteiger partial charge in [-0.05, 0) is 66.8 Å². The Morgan fingerprint density at radius 1 is 0.794 bits per heavy atom. The van der Waals surface area contributed by atoms with Crippen LogP contribution in [-0.4, -0.2) is 18.5 Å². The molecule has 0 amide bonds. The Morgan fingerprint density at radius 3 is 1.79 bits per heavy atom. The van der Waals surface area contributed by atoms with Gasteiger partial charge in [-0.15, -0.1) is 0 Å². The predicted molar refractivity (Wildman–Crippen MR) is 136 cm³/mol. The van der Waals surface area contributed by atoms with E-state index in [1.807, 2.05) is 30.3 Å². The van der Waals surface area contributed by atoms with Gasteiger partial charge < -0.3 is 9.47 Å². The van der Waals surface area contributed by atoms with E-state index in [9.17, 15) is 9.59 Å². The summed E-state index contributed by atoms with van der Waals surface area (Å²) in [6.07, 6.45) is 5.68. The number of ether oxygens (including phenoxy) is 2. The summed E-state index contributed by atoms with van der Waals surface area (Å²) < 4.78 is 12.0. The lowest BCUT2D eigenvalue weighted by molar-refractivity contribution is -0.170. The number of carbonyl (C=O) groups excluding carboxylic acids is 2. The Kier molecular flexibility index (Phi) is 9.62. The molecule has 2 aliphatic carbocycles. The van der Waals surface area contributed by atoms with Crippen LogP contribution in [0, 0.1) is 47.3 Å². The summed E-state index contributed by atoms with van der Waals surface area (Å²) in [5.41, 5.74) is 0.881. The summed E-state index contributed by atoms with van der Waals surface area (Å²) in [4.78, 5) is 26.6. The second kappa shape index (κ2) is 12.2. The zero-order valence-electron chi connectivity index (χ0n) is 22.2. The molecule has 4 heteroatoms. The van der Waals surface area contributed by atoms with Gasteiger partial charge in [0.2, 0.25) is 0 Å². The highest BCUT2D eigenvalue weighted by Gasteiger charge is 2.39. The van der Waals surface area contributed by atoms with E-state index in [-0.39, 0.29) is 30.4 Å². The molecule has 0 heterocycles. The molecule has 4 nitrogen and oxygen atoms in total. The fourth-order valence-corrected chi connectivity index (χ4v) is 6.30. The first kappa shape index (κ1) is 26.8. The van der Waals surface area contributed by atoms with Crippen LogP contribution >= 0.6 is 0 Å². The van der Waals surface area contributed by atoms with Gasteiger partial charge >= 0.3 is 11.9 Å². The first-order valence-corrected chi connectivity index (χ1v) is 13.6. The highest BCUT2D eigenvalue weighted by Crippen LogP contribution is 2.40. The van der Waals surface area contributed by atoms with Crippen molar-refractivity contribution in [1.29, 1.82) is 0 Å². The Hall–Kier alpha value is -1.84. The van der Waals surface area contributed by atoms with Crippen molar-refractivity contribution in [3.05, 3.63) is 35.9 Å². The summed E-state index contributed by atoms with van der Waals surface area (Å²) >= 11 is 0. The fraction of sp³-hybridized carbons (Fsp3) is 0.733. The molecule has 2 aliphatic rings. The van der Waals surface area contributed by atoms with Crippen molar-refractivity contribution in [2.75, 3.05) is 6.61 Å². The van der Waals surface area contributed by atoms with Crippen molar-refractivity contribution in [1.82, 2.24) is 0 Å². The van der Waals surface area contributed by atoms with E-state index in [1.54, 1.807) is 0 Å². The van der Waals surface area contributed by atoms with Crippen LogP contribution in [0.3, 0.4) is 0 Å². The standard InChI is InChI=1S/C30H46O4/c1-19(2)24-14-12-21(5)16-26(24)29(31)33-18-28(23-10-8-7-9-11-23)34-30(32)27-17-22(6)13-15-25(27)20(3)4/h7-11,19-22,24-28H,12-18H2,1-6H3/t21-,22-,24+,25?,26-,27-,28-/m1/s1. The Labute approximate surface area is 207 Å². The Morgan fingerprint density at radius 2 is 1.29 bits per heavy atom. The minimum absolute atomic E-state index is 0.0691. The molecule has 1 aromatic rings. The van der Waals surface area contributed by atoms with Crippen molar-refractivity contribution in [2.24, 2.45) is 47.3 Å². The highest BCUT2D eigenvalue weighted by molar-refractivity contribution is 5.74. The molecule has 2 saturated carbocycles. The highest BCUT2D eigenvalue weighted by atomic mass is 16.6. The van der Waals surface area contributed by atoms with Gasteiger partial charge in [-0.2, -0.15) is 0 Å². The third-order valence-electron chi connectivity index (χ3n) is 8.46. The average molecular weight is 471 g/mol. The molecule has 0 aliphatic heterocycles. The zero-order chi connectivity index (χ0) is 24.8. The Bertz CT molecular complexity index is 786. The largest absolute Gasteiger partial charge is 0.461 e. The van der Waals surface area contributed by atoms with Gasteiger partial charge in [0.25, 0.3) is 0 Å². The van der Waals surface area contributed by atoms with Crippen LogP contribution in [0.5, 0.6) is 0 Å². The van der Waals surface area contributed by atoms with E-state index < -0.39 is 6.10 Å². The number of hydrogen-bond donors (Lipinski definition) is 0. The second-order valence-corrected chi connectivity index (χ2v) is 11.8. The van der Waals surface area contributed by atoms with E-state index in [1.165, 1.54) is 12.8 Å². The molecule has 0 N–H and O–H groups in total. The summed E-state index contributed by atoms with van der Waals surface area (Å²) in [5, 5.41) is 0. The lowest BCUT2D eigenvalue weighted by Crippen LogP contribution is -2.37. The number of carbonyl (C=O) groups is 2. The number of hydrogen-bond acceptors (Lipinski definition) is 4. The van der Waals surface area contributed by atoms with Gasteiger partial charge in [0, 0.05) is 0 Å². The quantitative estimate of drug-likeness (QED) is 0.376. The van der Waals surface area contributed by atoms with Gasteiger partial charge in [0.05, 0.1) is 11.8 Å². The van der Waals surface area contributed by atoms with E-state index in [4.69, 9.17) is 9.47 Å². The maximum absolute atomic E-state index is 13.4. The van der Waals surface area contributed by atoms with Crippen molar-refractivity contribution < 1.29 is 19.1 Å². The smallest absolute Gasteiger partial charge is 0.309 e. The average Bonchev–Trinajstić information content (AvgIpc) is 2.81. The van der Waals surface area contributed by atoms with Gasteiger partial charge in [-0.25, -0.2) is 0 Å². The van der Waals surface area contributed by atoms with E-state index in [0.29, 0.717) is 35.5 Å². The van der Waals surface area contributed by atoms with E-state index >= 15 is 0 Å². The van der Waals surface area contributed by atoms with Crippen LogP contribution in [0.4, 0.5) is 0 Å². The second-order valence-electron chi connectivity index (χ2n) is 11.8. The van der Waals surface area contributed by atoms with Crippen LogP contribution in [0.25, 0.3) is 0 Å². The minimum atomic E-state index is -0.568. The van der Waals surface area contributed by atoms with Crippen LogP contribution in [0.2, 0.25) is 0 Å². The maximum atomic E-state index is 13.4. The summed E-state index contributed by atoms with van der Waals surface area (Å²) in [6, 6.07) is 9.73. The predicted octanol–water partition coefficient (Wildman–Crippen LogP) is 7.23. The molecular weight excluding hydrogens is 424 g/mol. The first-order valence-electron chi connectivity index (χ1n) is 13.6. The molecule has 0 bridgehead atoms. The lowest BCUT2D eigenvalue weighted by Gasteiger charge is -2.37. The van der Waals surface area contributed by atoms with Crippen molar-refractivity contribution in [3.8, 4) is 0 Å². The molecule has 1 unspecified atom stereocenters. The summed E-state index contributed by atoms with van der Waals surface area (Å²) in [7, 11) is 0. The SMILES string of the molecule is CC(C)C1CC[C@@H](C)C[C@H]1C(=O)O[C@H](COC(=O)[C@@H]1C[C@H](C)CC[C@H]1C(C)C)c1ccccc1. The third-order valence-corrected chi connectivity index (χ3v) is 8.46. The normalized spacial score (nSPS) is 30.7. The molecule has 7 atom stereocenters. The molecule has 2 fully saturated rings. The molecule has 0 spiro atoms. The molecule has 3 rings (SSSR count). The molecule has 1 aromatic carbocycles. The maximum Gasteiger partial charge on any atom is 0.309 e. The van der Waals surface area contributed by atoms with Crippen LogP contribution in [-0.2, 0) is 19.1 Å². The summed E-state index contributed by atoms with van der Waals surface area (Å²) in [6.45, 7) is 13.3. The molecular formula is C30H46O4. The number of esters is 2. The van der Waals surface area contributed by atoms with Gasteiger partial charge in [-0.1, -0.05) is 84.7 Å². The first-order chi connectivity index (χ1) is 16.2. The Balaban J connectivity index is 1.71. The topological polar surface area (TPSA) is 52.6 Å². The molecule has 34 heavy (non-hydrogen) atoms. The number of rotatable bonds is 8. The van der Waals surface area contributed by atoms with Crippen molar-refractivity contribution in [2.45, 2.75) is 86.2 Å². The minimum Gasteiger partial charge on any atom is -0.461 e. The van der Waals surface area contributed by atoms with E-state index in [0.717, 1.165) is 31.2 Å². The molecule has 190 valence electrons. The fourth-order valence-electron chi connectivity index (χ4n) is 6.30. The summed E-state index contributed by atoms with van der Waals surface area (Å²) in [5.74, 6) is 2.24. The van der Waals surface area contributed by atoms with Gasteiger partial charge in [-0.3, -0.25) is 9.59 Å². The molecule has 0 radical (unpaired) electrons. The van der Waals surface area contributed by atoms with Gasteiger partial charge in [0.1, 0.15) is 6.61 Å². The molecule has 0 aromatic heterocycles. The third kappa shape index (κ3) is 6.86. The lowest BCUT2D eigenvalue weighted by atomic mass is 9.70. The van der Waals surface area contributed by atoms with E-state index in [2.05, 4.69) is 41.5 Å². The van der Waals surface area contributed by atoms with Crippen molar-refractivity contribution in [3.63, 3.8) is 0 Å². The molecule has 0 saturated heterocycles. The number of benzene rings is 1. The van der Waals surface area contributed by atoms with Crippen LogP contribution in [0.15, 0.2) is 30.3 Å². The van der Waals surface area contributed by atoms with Gasteiger partial charge in [0.15, 0.2) is 6.10 Å². The van der Waals surface area contributed by atoms with Crippen LogP contribution in [0.1, 0.15) is 91.7 Å². The van der Waals surface area contributed by atoms with Crippen molar-refractivity contribution >= 4 is 11.9 Å². The van der Waals surface area contributed by atoms with Crippen LogP contribution < -0.4 is 0 Å².